The van der Waals surface area contributed by atoms with E-state index in [-0.39, 0.29) is 6.54 Å². The van der Waals surface area contributed by atoms with Crippen LogP contribution in [-0.4, -0.2) is 47.6 Å². The van der Waals surface area contributed by atoms with Gasteiger partial charge in [0.1, 0.15) is 18.4 Å². The first kappa shape index (κ1) is 21.4. The van der Waals surface area contributed by atoms with E-state index >= 15 is 0 Å². The molecule has 1 aliphatic rings. The number of fused-ring (bicyclic) bond motifs is 1. The maximum Gasteiger partial charge on any atom is 0.259 e. The number of nitrogens with zero attached hydrogens (tertiary/aromatic N) is 3. The second kappa shape index (κ2) is 9.52. The number of benzene rings is 2. The second-order valence-corrected chi connectivity index (χ2v) is 7.23. The lowest BCUT2D eigenvalue weighted by atomic mass is 10.2. The highest BCUT2D eigenvalue weighted by Crippen LogP contribution is 2.30. The maximum absolute atomic E-state index is 12.3. The summed E-state index contributed by atoms with van der Waals surface area (Å²) in [5.74, 6) is 0.186. The number of halogens is 1. The molecule has 0 saturated heterocycles. The summed E-state index contributed by atoms with van der Waals surface area (Å²) in [5.41, 5.74) is 4.78. The first-order valence-corrected chi connectivity index (χ1v) is 10.2. The van der Waals surface area contributed by atoms with Crippen LogP contribution in [0.25, 0.3) is 5.69 Å². The van der Waals surface area contributed by atoms with Crippen LogP contribution in [0.5, 0.6) is 11.5 Å². The van der Waals surface area contributed by atoms with E-state index in [0.29, 0.717) is 46.7 Å². The van der Waals surface area contributed by atoms with Gasteiger partial charge in [-0.05, 0) is 37.3 Å². The third-order valence-corrected chi connectivity index (χ3v) is 5.01. The molecule has 9 nitrogen and oxygen atoms in total. The predicted octanol–water partition coefficient (Wildman–Crippen LogP) is 2.49. The Balaban J connectivity index is 1.32. The van der Waals surface area contributed by atoms with Crippen LogP contribution in [0.15, 0.2) is 53.6 Å². The normalized spacial score (nSPS) is 12.6. The average molecular weight is 454 g/mol. The fraction of sp³-hybridized carbons (Fsp3) is 0.182. The predicted molar refractivity (Wildman–Crippen MR) is 119 cm³/mol. The number of ether oxygens (including phenoxy) is 2. The number of para-hydroxylation sites is 1. The molecule has 10 heteroatoms. The highest BCUT2D eigenvalue weighted by atomic mass is 35.5. The molecule has 3 aromatic rings. The topological polar surface area (TPSA) is 107 Å². The van der Waals surface area contributed by atoms with E-state index in [9.17, 15) is 9.59 Å². The van der Waals surface area contributed by atoms with Crippen LogP contribution in [0.1, 0.15) is 21.6 Å². The number of hydrazone groups is 1. The highest BCUT2D eigenvalue weighted by Gasteiger charge is 2.16. The smallest absolute Gasteiger partial charge is 0.259 e. The third kappa shape index (κ3) is 4.73. The molecule has 0 saturated carbocycles. The summed E-state index contributed by atoms with van der Waals surface area (Å²) in [4.78, 5) is 24.4. The Labute approximate surface area is 189 Å². The third-order valence-electron chi connectivity index (χ3n) is 4.65. The molecular formula is C22H20ClN5O4. The van der Waals surface area contributed by atoms with Crippen LogP contribution < -0.4 is 20.2 Å². The van der Waals surface area contributed by atoms with Crippen molar-refractivity contribution in [3.05, 3.63) is 70.5 Å². The van der Waals surface area contributed by atoms with Gasteiger partial charge in [0.15, 0.2) is 11.5 Å². The Morgan fingerprint density at radius 2 is 1.91 bits per heavy atom. The fourth-order valence-corrected chi connectivity index (χ4v) is 3.37. The van der Waals surface area contributed by atoms with Crippen molar-refractivity contribution in [2.24, 2.45) is 5.10 Å². The summed E-state index contributed by atoms with van der Waals surface area (Å²) in [6.45, 7) is 2.44. The first-order valence-electron chi connectivity index (χ1n) is 9.83. The maximum atomic E-state index is 12.3. The Kier molecular flexibility index (Phi) is 6.37. The van der Waals surface area contributed by atoms with E-state index in [1.54, 1.807) is 29.8 Å². The number of aryl methyl sites for hydroxylation is 1. The monoisotopic (exact) mass is 453 g/mol. The molecular weight excluding hydrogens is 434 g/mol. The van der Waals surface area contributed by atoms with Gasteiger partial charge in [0.05, 0.1) is 29.7 Å². The molecule has 4 rings (SSSR count). The molecule has 0 fully saturated rings. The summed E-state index contributed by atoms with van der Waals surface area (Å²) in [6, 6.07) is 14.3. The van der Waals surface area contributed by atoms with Crippen LogP contribution in [0.3, 0.4) is 0 Å². The standard InChI is InChI=1S/C22H20ClN5O4/c1-14-17(21(23)28(27-14)16-5-3-2-4-6-16)12-25-26-20(29)13-24-22(30)15-7-8-18-19(11-15)32-10-9-31-18/h2-8,11-12H,9-10,13H2,1H3,(H,24,30)(H,26,29). The van der Waals surface area contributed by atoms with Crippen molar-refractivity contribution in [1.29, 1.82) is 0 Å². The van der Waals surface area contributed by atoms with Crippen LogP contribution in [0, 0.1) is 6.92 Å². The zero-order valence-electron chi connectivity index (χ0n) is 17.2. The minimum Gasteiger partial charge on any atom is -0.486 e. The van der Waals surface area contributed by atoms with Gasteiger partial charge in [0.2, 0.25) is 0 Å². The Morgan fingerprint density at radius 3 is 2.69 bits per heavy atom. The van der Waals surface area contributed by atoms with Crippen molar-refractivity contribution >= 4 is 29.6 Å². The molecule has 0 unspecified atom stereocenters. The molecule has 0 spiro atoms. The van der Waals surface area contributed by atoms with Crippen LogP contribution in [-0.2, 0) is 4.79 Å². The van der Waals surface area contributed by atoms with Gasteiger partial charge in [-0.15, -0.1) is 0 Å². The molecule has 0 atom stereocenters. The van der Waals surface area contributed by atoms with Gasteiger partial charge in [-0.25, -0.2) is 10.1 Å². The van der Waals surface area contributed by atoms with Gasteiger partial charge in [-0.3, -0.25) is 9.59 Å². The summed E-state index contributed by atoms with van der Waals surface area (Å²) in [5, 5.41) is 11.2. The lowest BCUT2D eigenvalue weighted by Crippen LogP contribution is -2.35. The summed E-state index contributed by atoms with van der Waals surface area (Å²) < 4.78 is 12.5. The molecule has 1 aromatic heterocycles. The first-order chi connectivity index (χ1) is 15.5. The molecule has 0 aliphatic carbocycles. The number of carbonyl (C=O) groups is 2. The molecule has 2 amide bonds. The van der Waals surface area contributed by atoms with Gasteiger partial charge in [0.25, 0.3) is 11.8 Å². The molecule has 2 heterocycles. The molecule has 0 radical (unpaired) electrons. The molecule has 164 valence electrons. The molecule has 0 bridgehead atoms. The lowest BCUT2D eigenvalue weighted by Gasteiger charge is -2.18. The van der Waals surface area contributed by atoms with E-state index < -0.39 is 11.8 Å². The Morgan fingerprint density at radius 1 is 1.16 bits per heavy atom. The van der Waals surface area contributed by atoms with Crippen molar-refractivity contribution in [2.45, 2.75) is 6.92 Å². The van der Waals surface area contributed by atoms with Gasteiger partial charge >= 0.3 is 0 Å². The van der Waals surface area contributed by atoms with E-state index in [2.05, 4.69) is 20.9 Å². The largest absolute Gasteiger partial charge is 0.486 e. The zero-order chi connectivity index (χ0) is 22.5. The lowest BCUT2D eigenvalue weighted by molar-refractivity contribution is -0.120. The van der Waals surface area contributed by atoms with E-state index in [1.165, 1.54) is 6.21 Å². The molecule has 2 aromatic carbocycles. The number of hydrogen-bond donors (Lipinski definition) is 2. The second-order valence-electron chi connectivity index (χ2n) is 6.87. The number of nitrogens with one attached hydrogen (secondary N) is 2. The minimum absolute atomic E-state index is 0.249. The SMILES string of the molecule is Cc1nn(-c2ccccc2)c(Cl)c1C=NNC(=O)CNC(=O)c1ccc2c(c1)OCCO2. The molecule has 2 N–H and O–H groups in total. The minimum atomic E-state index is -0.489. The number of amides is 2. The highest BCUT2D eigenvalue weighted by molar-refractivity contribution is 6.32. The fourth-order valence-electron chi connectivity index (χ4n) is 3.05. The number of aromatic nitrogens is 2. The number of carbonyl (C=O) groups excluding carboxylic acids is 2. The van der Waals surface area contributed by atoms with Crippen molar-refractivity contribution in [1.82, 2.24) is 20.5 Å². The number of rotatable bonds is 6. The van der Waals surface area contributed by atoms with Crippen molar-refractivity contribution < 1.29 is 19.1 Å². The average Bonchev–Trinajstić information content (AvgIpc) is 3.11. The number of hydrogen-bond acceptors (Lipinski definition) is 6. The Hall–Kier alpha value is -3.85. The summed E-state index contributed by atoms with van der Waals surface area (Å²) in [7, 11) is 0. The molecule has 1 aliphatic heterocycles. The quantitative estimate of drug-likeness (QED) is 0.440. The van der Waals surface area contributed by atoms with E-state index in [0.717, 1.165) is 5.69 Å². The van der Waals surface area contributed by atoms with Gasteiger partial charge in [0, 0.05) is 5.56 Å². The molecule has 32 heavy (non-hydrogen) atoms. The zero-order valence-corrected chi connectivity index (χ0v) is 17.9. The van der Waals surface area contributed by atoms with Crippen LogP contribution >= 0.6 is 11.6 Å². The summed E-state index contributed by atoms with van der Waals surface area (Å²) in [6.07, 6.45) is 1.42. The van der Waals surface area contributed by atoms with Crippen molar-refractivity contribution in [3.63, 3.8) is 0 Å². The summed E-state index contributed by atoms with van der Waals surface area (Å²) >= 11 is 6.42. The van der Waals surface area contributed by atoms with Gasteiger partial charge < -0.3 is 14.8 Å². The van der Waals surface area contributed by atoms with Crippen molar-refractivity contribution in [3.8, 4) is 17.2 Å². The van der Waals surface area contributed by atoms with Gasteiger partial charge in [-0.2, -0.15) is 10.2 Å². The van der Waals surface area contributed by atoms with Crippen LogP contribution in [0.4, 0.5) is 0 Å². The van der Waals surface area contributed by atoms with E-state index in [1.807, 2.05) is 30.3 Å². The van der Waals surface area contributed by atoms with Gasteiger partial charge in [-0.1, -0.05) is 29.8 Å². The Bertz CT molecular complexity index is 1180. The van der Waals surface area contributed by atoms with E-state index in [4.69, 9.17) is 21.1 Å². The van der Waals surface area contributed by atoms with Crippen LogP contribution in [0.2, 0.25) is 5.15 Å². The van der Waals surface area contributed by atoms with Crippen molar-refractivity contribution in [2.75, 3.05) is 19.8 Å².